The number of aliphatic hydroxyl groups excluding tert-OH is 2. The second-order valence-corrected chi connectivity index (χ2v) is 14.7. The first kappa shape index (κ1) is 114. The quantitative estimate of drug-likeness (QED) is 0.0957. The van der Waals surface area contributed by atoms with Gasteiger partial charge in [0.2, 0.25) is 0 Å². The number of fused-ring (bicyclic) bond motifs is 1. The minimum atomic E-state index is -6.26. The van der Waals surface area contributed by atoms with E-state index < -0.39 is 70.3 Å². The molecule has 316 valence electrons. The summed E-state index contributed by atoms with van der Waals surface area (Å²) in [6.45, 7) is -1.12. The Hall–Kier alpha value is 13.0. The van der Waals surface area contributed by atoms with Crippen LogP contribution in [0.1, 0.15) is 6.23 Å². The van der Waals surface area contributed by atoms with Gasteiger partial charge in [0.25, 0.3) is 0 Å². The molecule has 0 aliphatic carbocycles. The Bertz CT molecular complexity index is 1510. The Balaban J connectivity index is -0.0000000667. The van der Waals surface area contributed by atoms with Gasteiger partial charge in [0, 0.05) is 441 Å². The number of aromatic nitrogens is 4. The summed E-state index contributed by atoms with van der Waals surface area (Å²) in [7, 11) is -30.1. The Morgan fingerprint density at radius 2 is 1.00 bits per heavy atom. The molecule has 2 aromatic rings. The predicted molar refractivity (Wildman–Crippen MR) is 157 cm³/mol. The maximum Gasteiger partial charge on any atom is 0.490 e. The van der Waals surface area contributed by atoms with E-state index in [4.69, 9.17) is 25.2 Å². The summed E-state index contributed by atoms with van der Waals surface area (Å²) in [5, 5.41) is 20.6. The predicted octanol–water partition coefficient (Wildman–Crippen LogP) is -0.478. The Labute approximate surface area is 682 Å². The average molecular weight is 3070 g/mol. The number of nitrogens with two attached hydrogens (primary N) is 6. The van der Waals surface area contributed by atoms with Gasteiger partial charge >= 0.3 is 39.1 Å². The number of nitrogen functional groups attached to an aromatic ring is 1. The third-order valence-electron chi connectivity index (χ3n) is 4.23. The van der Waals surface area contributed by atoms with Crippen molar-refractivity contribution in [2.24, 2.45) is 0 Å². The Morgan fingerprint density at radius 1 is 0.632 bits per heavy atom. The topological polar surface area (TPSA) is 637 Å². The van der Waals surface area contributed by atoms with Gasteiger partial charge < -0.3 is 97.2 Å². The van der Waals surface area contributed by atoms with Crippen molar-refractivity contribution in [2.45, 2.75) is 24.5 Å². The summed E-state index contributed by atoms with van der Waals surface area (Å²) >= 11 is 0. The molecular weight excluding hydrogens is 3040 g/mol. The van der Waals surface area contributed by atoms with Crippen molar-refractivity contribution >= 4 is 56.1 Å². The van der Waals surface area contributed by atoms with Gasteiger partial charge in [0.15, 0.2) is 17.7 Å². The van der Waals surface area contributed by atoms with Crippen LogP contribution in [0.3, 0.4) is 0 Å². The fourth-order valence-electron chi connectivity index (χ4n) is 2.91. The molecule has 10 radical (unpaired) electrons. The normalized spacial score (nSPS) is 19.4. The molecule has 1 aliphatic rings. The SMILES string of the molecule is Nc1ncnc2c1ncn2C1OC(COP(=O)(O)OP(=O)(O)OP(=O)(O)OP(=O)(O)OP(=O)(O)O)C(O)C1O.O.[Ac].[Ac].[Ac].[Ac].[Ac].[Ac].[Ac].[Ac].[Ac].[Ac].[NH2-].[NH2-].[NH2-].[NH2-].[NH2-].[OH3+].[OH3+]. The Kier molecular flexibility index (Phi) is 103. The van der Waals surface area contributed by atoms with Gasteiger partial charge in [-0.05, 0) is 0 Å². The fraction of sp³-hybridized carbons (Fsp3) is 0.500. The van der Waals surface area contributed by atoms with E-state index in [-0.39, 0.29) is 505 Å². The van der Waals surface area contributed by atoms with Crippen LogP contribution in [0, 0.1) is 441 Å². The summed E-state index contributed by atoms with van der Waals surface area (Å²) in [5.41, 5.74) is 5.85. The van der Waals surface area contributed by atoms with Crippen molar-refractivity contribution in [3.05, 3.63) is 43.4 Å². The van der Waals surface area contributed by atoms with E-state index in [1.807, 2.05) is 0 Å². The number of phosphoric acid groups is 5. The molecule has 32 nitrogen and oxygen atoms in total. The third-order valence-corrected chi connectivity index (χ3v) is 11.3. The van der Waals surface area contributed by atoms with Crippen molar-refractivity contribution < 1.29 is 546 Å². The molecule has 8 atom stereocenters. The number of hydrogen-bond donors (Lipinski definition) is 9. The second kappa shape index (κ2) is 51.2. The fourth-order valence-corrected chi connectivity index (χ4v) is 8.81. The molecular formula is C10H36Ac10N10O22P5-3. The van der Waals surface area contributed by atoms with Gasteiger partial charge in [-0.1, -0.05) is 0 Å². The summed E-state index contributed by atoms with van der Waals surface area (Å²) < 4.78 is 82.1. The number of ether oxygens (including phenoxy) is 1. The van der Waals surface area contributed by atoms with E-state index in [1.165, 1.54) is 0 Å². The number of nitrogens with zero attached hydrogens (tertiary/aromatic N) is 4. The van der Waals surface area contributed by atoms with Gasteiger partial charge in [0.1, 0.15) is 30.2 Å². The molecule has 3 heterocycles. The van der Waals surface area contributed by atoms with Crippen molar-refractivity contribution in [3.8, 4) is 0 Å². The number of rotatable bonds is 12. The first-order valence-corrected chi connectivity index (χ1v) is 16.9. The minimum absolute atomic E-state index is 0. The molecule has 0 amide bonds. The number of aliphatic hydroxyl groups is 2. The molecule has 8 unspecified atom stereocenters. The molecule has 1 saturated heterocycles. The van der Waals surface area contributed by atoms with E-state index in [9.17, 15) is 47.7 Å². The number of phosphoric ester groups is 1. The summed E-state index contributed by atoms with van der Waals surface area (Å²) in [5.74, 6) is -0.0189. The van der Waals surface area contributed by atoms with Gasteiger partial charge in [0.05, 0.1) is 12.9 Å². The molecule has 3 rings (SSSR count). The molecule has 28 N–H and O–H groups in total. The van der Waals surface area contributed by atoms with Gasteiger partial charge in [-0.25, -0.2) is 37.8 Å². The molecule has 0 bridgehead atoms. The maximum atomic E-state index is 12.1. The number of anilines is 1. The zero-order valence-corrected chi connectivity index (χ0v) is 80.6. The van der Waals surface area contributed by atoms with Crippen molar-refractivity contribution in [3.63, 3.8) is 0 Å². The molecule has 0 aromatic carbocycles. The summed E-state index contributed by atoms with van der Waals surface area (Å²) in [6.07, 6.45) is -4.32. The van der Waals surface area contributed by atoms with Crippen LogP contribution in [0.25, 0.3) is 41.9 Å². The van der Waals surface area contributed by atoms with Gasteiger partial charge in [-0.15, -0.1) is 0 Å². The molecule has 1 fully saturated rings. The summed E-state index contributed by atoms with van der Waals surface area (Å²) in [6, 6.07) is 0. The van der Waals surface area contributed by atoms with Crippen LogP contribution in [0.5, 0.6) is 0 Å². The number of imidazole rings is 1. The van der Waals surface area contributed by atoms with E-state index in [1.54, 1.807) is 0 Å². The van der Waals surface area contributed by atoms with E-state index in [0.29, 0.717) is 0 Å². The molecule has 0 spiro atoms. The van der Waals surface area contributed by atoms with Crippen LogP contribution in [0.15, 0.2) is 12.7 Å². The largest absolute Gasteiger partial charge is 0.693 e. The van der Waals surface area contributed by atoms with Crippen molar-refractivity contribution in [1.29, 1.82) is 0 Å². The van der Waals surface area contributed by atoms with Crippen LogP contribution in [0.4, 0.5) is 5.82 Å². The smallest absolute Gasteiger partial charge is 0.490 e. The summed E-state index contributed by atoms with van der Waals surface area (Å²) in [4.78, 5) is 65.9. The zero-order chi connectivity index (χ0) is 29.6. The van der Waals surface area contributed by atoms with Gasteiger partial charge in [-0.2, -0.15) is 17.2 Å². The van der Waals surface area contributed by atoms with Crippen molar-refractivity contribution in [2.75, 3.05) is 12.3 Å². The van der Waals surface area contributed by atoms with Crippen LogP contribution >= 0.6 is 39.1 Å². The van der Waals surface area contributed by atoms with E-state index in [0.717, 1.165) is 17.2 Å². The second-order valence-electron chi connectivity index (χ2n) is 7.12. The molecule has 47 heteroatoms. The molecule has 0 saturated carbocycles. The third kappa shape index (κ3) is 41.9. The van der Waals surface area contributed by atoms with E-state index >= 15 is 0 Å². The monoisotopic (exact) mass is 3070 g/mol. The average Bonchev–Trinajstić information content (AvgIpc) is 3.24. The van der Waals surface area contributed by atoms with E-state index in [2.05, 4.69) is 36.7 Å². The minimum Gasteiger partial charge on any atom is -0.693 e. The standard InChI is InChI=1S/C10H18N5O19P5.10Ac.5H2N.3H2O/c11-8-5-9(13-2-12-8)15(3-14-5)10-7(17)6(16)4(30-10)1-29-36(21,22)32-38(25,26)34-39(27,28)33-37(23,24)31-35(18,19)20;;;;;;;;;;;;;;;;;;/h2-4,6-7,10,16-17H,1H2,(H,21,22)(H,23,24)(H,25,26)(H,27,28)(H2,11,12,13)(H2,18,19,20);;;;;;;;;;;8*1H2/q;;;;;;;;;;;5*-1;;;/p+2. The molecule has 57 heavy (non-hydrogen) atoms. The molecule has 1 aliphatic heterocycles. The van der Waals surface area contributed by atoms with Crippen molar-refractivity contribution in [1.82, 2.24) is 19.5 Å². The first-order chi connectivity index (χ1) is 17.6. The first-order valence-electron chi connectivity index (χ1n) is 9.41. The Morgan fingerprint density at radius 3 is 1.39 bits per heavy atom. The van der Waals surface area contributed by atoms with Crippen LogP contribution in [-0.2, 0) is 60.3 Å². The zero-order valence-electron chi connectivity index (χ0n) is 28.7. The number of hydrogen-bond acceptors (Lipinski definition) is 17. The maximum absolute atomic E-state index is 12.1. The van der Waals surface area contributed by atoms with Crippen LogP contribution < -0.4 is 5.73 Å². The van der Waals surface area contributed by atoms with Crippen LogP contribution in [-0.4, -0.2) is 89.5 Å². The van der Waals surface area contributed by atoms with Gasteiger partial charge in [-0.3, -0.25) is 9.09 Å². The van der Waals surface area contributed by atoms with Crippen LogP contribution in [0.2, 0.25) is 0 Å². The molecule has 2 aromatic heterocycles.